The van der Waals surface area contributed by atoms with Gasteiger partial charge in [-0.1, -0.05) is 18.5 Å². The third-order valence-electron chi connectivity index (χ3n) is 4.23. The normalized spacial score (nSPS) is 17.7. The van der Waals surface area contributed by atoms with Crippen molar-refractivity contribution in [1.82, 2.24) is 9.78 Å². The number of hydrogen-bond donors (Lipinski definition) is 0. The maximum atomic E-state index is 13.0. The molecule has 0 fully saturated rings. The van der Waals surface area contributed by atoms with Crippen molar-refractivity contribution >= 4 is 11.7 Å². The van der Waals surface area contributed by atoms with E-state index in [2.05, 4.69) is 17.2 Å². The number of rotatable bonds is 7. The number of halogens is 2. The minimum absolute atomic E-state index is 0.107. The van der Waals surface area contributed by atoms with Gasteiger partial charge in [-0.25, -0.2) is 13.6 Å². The van der Waals surface area contributed by atoms with Gasteiger partial charge < -0.3 is 9.57 Å². The molecule has 0 N–H and O–H groups in total. The van der Waals surface area contributed by atoms with E-state index in [1.807, 2.05) is 13.8 Å². The van der Waals surface area contributed by atoms with Crippen molar-refractivity contribution in [3.8, 4) is 0 Å². The van der Waals surface area contributed by atoms with Gasteiger partial charge in [-0.05, 0) is 33.1 Å². The van der Waals surface area contributed by atoms with Gasteiger partial charge >= 0.3 is 5.97 Å². The van der Waals surface area contributed by atoms with Gasteiger partial charge in [-0.2, -0.15) is 5.10 Å². The van der Waals surface area contributed by atoms with Gasteiger partial charge in [0, 0.05) is 25.2 Å². The van der Waals surface area contributed by atoms with E-state index in [0.29, 0.717) is 12.1 Å². The third-order valence-corrected chi connectivity index (χ3v) is 4.23. The largest absolute Gasteiger partial charge is 0.495 e. The molecule has 1 aliphatic carbocycles. The molecule has 144 valence electrons. The molecule has 2 rings (SSSR count). The first kappa shape index (κ1) is 20.1. The van der Waals surface area contributed by atoms with Crippen molar-refractivity contribution in [2.75, 3.05) is 0 Å². The molecular weight excluding hydrogens is 344 g/mol. The molecule has 1 atom stereocenters. The van der Waals surface area contributed by atoms with Crippen LogP contribution in [0.2, 0.25) is 0 Å². The fourth-order valence-electron chi connectivity index (χ4n) is 2.89. The van der Waals surface area contributed by atoms with Crippen LogP contribution in [0, 0.1) is 0 Å². The van der Waals surface area contributed by atoms with Gasteiger partial charge in [0.05, 0.1) is 11.8 Å². The van der Waals surface area contributed by atoms with Crippen LogP contribution in [0.1, 0.15) is 75.4 Å². The van der Waals surface area contributed by atoms with Crippen LogP contribution < -0.4 is 0 Å². The molecule has 8 heteroatoms. The van der Waals surface area contributed by atoms with Crippen LogP contribution in [-0.4, -0.2) is 27.6 Å². The van der Waals surface area contributed by atoms with Crippen molar-refractivity contribution in [2.45, 2.75) is 65.4 Å². The van der Waals surface area contributed by atoms with Crippen LogP contribution in [0.5, 0.6) is 0 Å². The summed E-state index contributed by atoms with van der Waals surface area (Å²) >= 11 is 0. The minimum atomic E-state index is -2.86. The third kappa shape index (κ3) is 4.89. The molecule has 0 aliphatic heterocycles. The minimum Gasteiger partial charge on any atom is -0.495 e. The summed E-state index contributed by atoms with van der Waals surface area (Å²) in [5.74, 6) is -0.0947. The maximum Gasteiger partial charge on any atom is 0.369 e. The first-order chi connectivity index (χ1) is 12.3. The number of carbonyl (C=O) groups is 1. The molecular formula is C18H25F2N3O3. The Morgan fingerprint density at radius 2 is 2.15 bits per heavy atom. The van der Waals surface area contributed by atoms with Gasteiger partial charge in [0.15, 0.2) is 0 Å². The second kappa shape index (κ2) is 8.91. The summed E-state index contributed by atoms with van der Waals surface area (Å²) in [6, 6.07) is 0. The first-order valence-electron chi connectivity index (χ1n) is 8.80. The lowest BCUT2D eigenvalue weighted by Crippen LogP contribution is -2.17. The molecule has 26 heavy (non-hydrogen) atoms. The van der Waals surface area contributed by atoms with E-state index in [4.69, 9.17) is 9.57 Å². The Morgan fingerprint density at radius 3 is 2.81 bits per heavy atom. The van der Waals surface area contributed by atoms with Crippen LogP contribution >= 0.6 is 0 Å². The molecule has 0 saturated heterocycles. The summed E-state index contributed by atoms with van der Waals surface area (Å²) in [4.78, 5) is 17.0. The maximum absolute atomic E-state index is 13.0. The van der Waals surface area contributed by atoms with Crippen molar-refractivity contribution < 1.29 is 23.1 Å². The Kier molecular flexibility index (Phi) is 6.88. The molecule has 0 amide bonds. The predicted octanol–water partition coefficient (Wildman–Crippen LogP) is 4.53. The van der Waals surface area contributed by atoms with Crippen LogP contribution in [0.25, 0.3) is 0 Å². The van der Waals surface area contributed by atoms with Gasteiger partial charge in [0.1, 0.15) is 17.0 Å². The fourth-order valence-corrected chi connectivity index (χ4v) is 2.89. The molecule has 0 saturated carbocycles. The lowest BCUT2D eigenvalue weighted by molar-refractivity contribution is 0.0503. The average molecular weight is 369 g/mol. The lowest BCUT2D eigenvalue weighted by atomic mass is 9.96. The van der Waals surface area contributed by atoms with Crippen molar-refractivity contribution in [3.63, 3.8) is 0 Å². The number of aromatic nitrogens is 2. The van der Waals surface area contributed by atoms with Crippen LogP contribution in [-0.2, 0) is 16.6 Å². The summed E-state index contributed by atoms with van der Waals surface area (Å²) < 4.78 is 33.0. The van der Waals surface area contributed by atoms with E-state index < -0.39 is 18.1 Å². The van der Waals surface area contributed by atoms with E-state index >= 15 is 0 Å². The zero-order chi connectivity index (χ0) is 19.3. The van der Waals surface area contributed by atoms with Gasteiger partial charge in [0.2, 0.25) is 0 Å². The molecule has 1 unspecified atom stereocenters. The van der Waals surface area contributed by atoms with Gasteiger partial charge in [-0.3, -0.25) is 4.68 Å². The molecule has 1 heterocycles. The van der Waals surface area contributed by atoms with E-state index in [9.17, 15) is 13.6 Å². The van der Waals surface area contributed by atoms with Crippen molar-refractivity contribution in [3.05, 3.63) is 28.8 Å². The summed E-state index contributed by atoms with van der Waals surface area (Å²) in [5, 5.41) is 7.49. The highest BCUT2D eigenvalue weighted by atomic mass is 19.3. The SMILES string of the molecule is CCCC(C)OC1=C(C)/C(=N/OC(=O)c2cn(C)nc2C(F)F)CCC1. The highest BCUT2D eigenvalue weighted by Gasteiger charge is 2.25. The molecule has 1 aliphatic rings. The topological polar surface area (TPSA) is 65.7 Å². The zero-order valence-electron chi connectivity index (χ0n) is 15.6. The highest BCUT2D eigenvalue weighted by molar-refractivity contribution is 6.01. The quantitative estimate of drug-likeness (QED) is 0.523. The Labute approximate surface area is 151 Å². The Bertz CT molecular complexity index is 711. The molecule has 6 nitrogen and oxygen atoms in total. The first-order valence-corrected chi connectivity index (χ1v) is 8.80. The van der Waals surface area contributed by atoms with E-state index in [1.165, 1.54) is 13.2 Å². The summed E-state index contributed by atoms with van der Waals surface area (Å²) in [6.07, 6.45) is 2.72. The van der Waals surface area contributed by atoms with E-state index in [-0.39, 0.29) is 11.7 Å². The predicted molar refractivity (Wildman–Crippen MR) is 93.0 cm³/mol. The summed E-state index contributed by atoms with van der Waals surface area (Å²) in [6.45, 7) is 5.98. The van der Waals surface area contributed by atoms with Crippen LogP contribution in [0.4, 0.5) is 8.78 Å². The van der Waals surface area contributed by atoms with Crippen LogP contribution in [0.3, 0.4) is 0 Å². The molecule has 1 aromatic rings. The summed E-state index contributed by atoms with van der Waals surface area (Å²) in [5.41, 5.74) is 0.557. The Hall–Kier alpha value is -2.25. The molecule has 0 spiro atoms. The highest BCUT2D eigenvalue weighted by Crippen LogP contribution is 2.26. The smallest absolute Gasteiger partial charge is 0.369 e. The zero-order valence-corrected chi connectivity index (χ0v) is 15.6. The number of nitrogens with zero attached hydrogens (tertiary/aromatic N) is 3. The molecule has 0 aromatic carbocycles. The Balaban J connectivity index is 2.12. The molecule has 0 radical (unpaired) electrons. The van der Waals surface area contributed by atoms with E-state index in [1.54, 1.807) is 0 Å². The second-order valence-corrected chi connectivity index (χ2v) is 6.44. The standard InChI is InChI=1S/C18H25F2N3O3/c1-5-7-11(2)25-15-9-6-8-14(12(15)3)22-26-18(24)13-10-23(4)21-16(13)17(19)20/h10-11,17H,5-9H2,1-4H3/b22-14+. The lowest BCUT2D eigenvalue weighted by Gasteiger charge is -2.23. The number of allylic oxidation sites excluding steroid dienone is 2. The Morgan fingerprint density at radius 1 is 1.42 bits per heavy atom. The number of hydrogen-bond acceptors (Lipinski definition) is 5. The monoisotopic (exact) mass is 369 g/mol. The number of aryl methyl sites for hydroxylation is 1. The average Bonchev–Trinajstić information content (AvgIpc) is 2.98. The second-order valence-electron chi connectivity index (χ2n) is 6.44. The van der Waals surface area contributed by atoms with Gasteiger partial charge in [-0.15, -0.1) is 0 Å². The molecule has 1 aromatic heterocycles. The van der Waals surface area contributed by atoms with Gasteiger partial charge in [0.25, 0.3) is 6.43 Å². The number of ether oxygens (including phenoxy) is 1. The number of alkyl halides is 2. The fraction of sp³-hybridized carbons (Fsp3) is 0.611. The number of oxime groups is 1. The van der Waals surface area contributed by atoms with Crippen LogP contribution in [0.15, 0.2) is 22.7 Å². The molecule has 0 bridgehead atoms. The summed E-state index contributed by atoms with van der Waals surface area (Å²) in [7, 11) is 1.46. The van der Waals surface area contributed by atoms with Crippen molar-refractivity contribution in [1.29, 1.82) is 0 Å². The number of carbonyl (C=O) groups excluding carboxylic acids is 1. The van der Waals surface area contributed by atoms with Crippen molar-refractivity contribution in [2.24, 2.45) is 12.2 Å². The van der Waals surface area contributed by atoms with E-state index in [0.717, 1.165) is 41.7 Å².